The lowest BCUT2D eigenvalue weighted by atomic mass is 10.1. The van der Waals surface area contributed by atoms with Crippen LogP contribution in [0.15, 0.2) is 54.6 Å². The first-order valence-electron chi connectivity index (χ1n) is 7.45. The molecule has 3 rings (SSSR count). The molecular formula is C19H20N2. The van der Waals surface area contributed by atoms with Crippen molar-refractivity contribution in [1.82, 2.24) is 4.98 Å². The molecular weight excluding hydrogens is 256 g/mol. The van der Waals surface area contributed by atoms with Gasteiger partial charge in [-0.1, -0.05) is 49.4 Å². The summed E-state index contributed by atoms with van der Waals surface area (Å²) < 4.78 is 0. The molecule has 1 aromatic heterocycles. The van der Waals surface area contributed by atoms with Gasteiger partial charge in [0.2, 0.25) is 0 Å². The third-order valence-corrected chi connectivity index (χ3v) is 3.84. The fourth-order valence-corrected chi connectivity index (χ4v) is 2.66. The first kappa shape index (κ1) is 13.6. The minimum absolute atomic E-state index is 0.753. The second-order valence-electron chi connectivity index (χ2n) is 5.31. The van der Waals surface area contributed by atoms with Crippen molar-refractivity contribution in [2.75, 3.05) is 5.32 Å². The van der Waals surface area contributed by atoms with E-state index in [4.69, 9.17) is 4.98 Å². The highest BCUT2D eigenvalue weighted by Crippen LogP contribution is 2.22. The molecule has 0 bridgehead atoms. The maximum atomic E-state index is 4.71. The van der Waals surface area contributed by atoms with E-state index in [-0.39, 0.29) is 0 Å². The predicted octanol–water partition coefficient (Wildman–Crippen LogP) is 4.72. The Morgan fingerprint density at radius 3 is 2.67 bits per heavy atom. The molecule has 2 nitrogen and oxygen atoms in total. The van der Waals surface area contributed by atoms with E-state index in [0.717, 1.165) is 24.2 Å². The number of para-hydroxylation sites is 2. The summed E-state index contributed by atoms with van der Waals surface area (Å²) in [5.41, 5.74) is 6.01. The average molecular weight is 276 g/mol. The van der Waals surface area contributed by atoms with Crippen molar-refractivity contribution in [1.29, 1.82) is 0 Å². The molecule has 1 N–H and O–H groups in total. The maximum Gasteiger partial charge on any atom is 0.0706 e. The van der Waals surface area contributed by atoms with Crippen molar-refractivity contribution in [3.63, 3.8) is 0 Å². The zero-order valence-electron chi connectivity index (χ0n) is 12.6. The van der Waals surface area contributed by atoms with Crippen molar-refractivity contribution >= 4 is 16.6 Å². The minimum atomic E-state index is 0.753. The van der Waals surface area contributed by atoms with Crippen LogP contribution in [0.4, 0.5) is 5.69 Å². The molecule has 1 heterocycles. The second kappa shape index (κ2) is 5.96. The molecule has 0 saturated heterocycles. The van der Waals surface area contributed by atoms with Crippen molar-refractivity contribution in [3.05, 3.63) is 71.4 Å². The number of pyridine rings is 1. The zero-order valence-corrected chi connectivity index (χ0v) is 12.6. The fraction of sp³-hybridized carbons (Fsp3) is 0.211. The van der Waals surface area contributed by atoms with Gasteiger partial charge in [0.1, 0.15) is 0 Å². The molecule has 0 amide bonds. The number of hydrogen-bond donors (Lipinski definition) is 1. The molecule has 0 aliphatic heterocycles. The highest BCUT2D eigenvalue weighted by molar-refractivity contribution is 5.78. The van der Waals surface area contributed by atoms with E-state index in [0.29, 0.717) is 0 Å². The maximum absolute atomic E-state index is 4.71. The van der Waals surface area contributed by atoms with E-state index in [1.165, 1.54) is 22.2 Å². The summed E-state index contributed by atoms with van der Waals surface area (Å²) in [5.74, 6) is 0. The van der Waals surface area contributed by atoms with Crippen LogP contribution < -0.4 is 5.32 Å². The van der Waals surface area contributed by atoms with Gasteiger partial charge in [-0.2, -0.15) is 0 Å². The summed E-state index contributed by atoms with van der Waals surface area (Å²) in [5, 5.41) is 4.74. The van der Waals surface area contributed by atoms with E-state index >= 15 is 0 Å². The number of benzene rings is 2. The molecule has 21 heavy (non-hydrogen) atoms. The van der Waals surface area contributed by atoms with E-state index in [2.05, 4.69) is 61.6 Å². The van der Waals surface area contributed by atoms with Gasteiger partial charge in [-0.05, 0) is 36.6 Å². The van der Waals surface area contributed by atoms with Crippen LogP contribution in [-0.4, -0.2) is 4.98 Å². The van der Waals surface area contributed by atoms with E-state index in [9.17, 15) is 0 Å². The van der Waals surface area contributed by atoms with Crippen LogP contribution in [0, 0.1) is 6.92 Å². The van der Waals surface area contributed by atoms with Gasteiger partial charge in [0, 0.05) is 11.1 Å². The van der Waals surface area contributed by atoms with Gasteiger partial charge in [-0.15, -0.1) is 0 Å². The number of anilines is 1. The van der Waals surface area contributed by atoms with Crippen LogP contribution in [0.3, 0.4) is 0 Å². The zero-order chi connectivity index (χ0) is 14.7. The number of rotatable bonds is 4. The first-order valence-corrected chi connectivity index (χ1v) is 7.45. The van der Waals surface area contributed by atoms with Crippen molar-refractivity contribution in [2.45, 2.75) is 26.8 Å². The van der Waals surface area contributed by atoms with E-state index < -0.39 is 0 Å². The highest BCUT2D eigenvalue weighted by Gasteiger charge is 2.04. The third-order valence-electron chi connectivity index (χ3n) is 3.84. The van der Waals surface area contributed by atoms with Crippen LogP contribution in [0.2, 0.25) is 0 Å². The Balaban J connectivity index is 1.83. The van der Waals surface area contributed by atoms with Crippen LogP contribution in [0.25, 0.3) is 10.9 Å². The van der Waals surface area contributed by atoms with Crippen molar-refractivity contribution < 1.29 is 0 Å². The molecule has 2 heteroatoms. The van der Waals surface area contributed by atoms with E-state index in [1.807, 2.05) is 12.1 Å². The molecule has 2 aromatic carbocycles. The molecule has 0 aliphatic carbocycles. The Kier molecular flexibility index (Phi) is 3.87. The summed E-state index contributed by atoms with van der Waals surface area (Å²) in [7, 11) is 0. The molecule has 0 unspecified atom stereocenters. The van der Waals surface area contributed by atoms with Gasteiger partial charge in [-0.25, -0.2) is 0 Å². The summed E-state index contributed by atoms with van der Waals surface area (Å²) >= 11 is 0. The van der Waals surface area contributed by atoms with Gasteiger partial charge < -0.3 is 5.32 Å². The Hall–Kier alpha value is -2.35. The summed E-state index contributed by atoms with van der Waals surface area (Å²) in [6.45, 7) is 5.09. The fourth-order valence-electron chi connectivity index (χ4n) is 2.66. The Morgan fingerprint density at radius 2 is 1.81 bits per heavy atom. The van der Waals surface area contributed by atoms with Crippen LogP contribution in [0.5, 0.6) is 0 Å². The van der Waals surface area contributed by atoms with Gasteiger partial charge in [-0.3, -0.25) is 4.98 Å². The Bertz CT molecular complexity index is 762. The predicted molar refractivity (Wildman–Crippen MR) is 89.6 cm³/mol. The normalized spacial score (nSPS) is 10.8. The standard InChI is InChI=1S/C19H20N2/c1-3-15-9-6-7-14(2)19(15)20-13-17-12-11-16-8-4-5-10-18(16)21-17/h4-12,20H,3,13H2,1-2H3. The topological polar surface area (TPSA) is 24.9 Å². The number of fused-ring (bicyclic) bond motifs is 1. The van der Waals surface area contributed by atoms with Gasteiger partial charge in [0.25, 0.3) is 0 Å². The van der Waals surface area contributed by atoms with Crippen LogP contribution in [0.1, 0.15) is 23.7 Å². The average Bonchev–Trinajstić information content (AvgIpc) is 2.53. The number of aryl methyl sites for hydroxylation is 2. The molecule has 0 saturated carbocycles. The molecule has 0 aliphatic rings. The molecule has 0 spiro atoms. The lowest BCUT2D eigenvalue weighted by Gasteiger charge is -2.14. The van der Waals surface area contributed by atoms with Crippen molar-refractivity contribution in [3.8, 4) is 0 Å². The third kappa shape index (κ3) is 2.89. The Morgan fingerprint density at radius 1 is 0.952 bits per heavy atom. The number of aromatic nitrogens is 1. The van der Waals surface area contributed by atoms with Crippen molar-refractivity contribution in [2.24, 2.45) is 0 Å². The van der Waals surface area contributed by atoms with E-state index in [1.54, 1.807) is 0 Å². The number of nitrogens with one attached hydrogen (secondary N) is 1. The quantitative estimate of drug-likeness (QED) is 0.746. The lowest BCUT2D eigenvalue weighted by molar-refractivity contribution is 1.04. The largest absolute Gasteiger partial charge is 0.379 e. The van der Waals surface area contributed by atoms with Crippen LogP contribution in [-0.2, 0) is 13.0 Å². The molecule has 3 aromatic rings. The number of nitrogens with zero attached hydrogens (tertiary/aromatic N) is 1. The van der Waals surface area contributed by atoms with Gasteiger partial charge >= 0.3 is 0 Å². The summed E-state index contributed by atoms with van der Waals surface area (Å²) in [4.78, 5) is 4.71. The lowest BCUT2D eigenvalue weighted by Crippen LogP contribution is -2.05. The smallest absolute Gasteiger partial charge is 0.0706 e. The summed E-state index contributed by atoms with van der Waals surface area (Å²) in [6, 6.07) is 18.9. The minimum Gasteiger partial charge on any atom is -0.379 e. The van der Waals surface area contributed by atoms with Crippen LogP contribution >= 0.6 is 0 Å². The van der Waals surface area contributed by atoms with Gasteiger partial charge in [0.15, 0.2) is 0 Å². The van der Waals surface area contributed by atoms with Gasteiger partial charge in [0.05, 0.1) is 17.8 Å². The summed E-state index contributed by atoms with van der Waals surface area (Å²) in [6.07, 6.45) is 1.04. The number of hydrogen-bond acceptors (Lipinski definition) is 2. The Labute approximate surface area is 125 Å². The molecule has 0 radical (unpaired) electrons. The monoisotopic (exact) mass is 276 g/mol. The second-order valence-corrected chi connectivity index (χ2v) is 5.31. The SMILES string of the molecule is CCc1cccc(C)c1NCc1ccc2ccccc2n1. The molecule has 0 atom stereocenters. The highest BCUT2D eigenvalue weighted by atomic mass is 14.9. The first-order chi connectivity index (χ1) is 10.3. The molecule has 106 valence electrons. The molecule has 0 fully saturated rings.